The van der Waals surface area contributed by atoms with Crippen molar-refractivity contribution in [2.24, 2.45) is 5.73 Å². The second-order valence-corrected chi connectivity index (χ2v) is 6.06. The lowest BCUT2D eigenvalue weighted by atomic mass is 10.3. The first-order chi connectivity index (χ1) is 10.2. The number of nitrogens with two attached hydrogens (primary N) is 1. The molecule has 0 aliphatic carbocycles. The van der Waals surface area contributed by atoms with Crippen LogP contribution >= 0.6 is 15.9 Å². The second kappa shape index (κ2) is 8.51. The van der Waals surface area contributed by atoms with Crippen LogP contribution in [0.4, 0.5) is 5.95 Å². The molecule has 2 heterocycles. The number of hydrogen-bond acceptors (Lipinski definition) is 6. The van der Waals surface area contributed by atoms with Crippen molar-refractivity contribution >= 4 is 21.9 Å². The second-order valence-electron chi connectivity index (χ2n) is 5.21. The van der Waals surface area contributed by atoms with Gasteiger partial charge in [-0.2, -0.15) is 4.98 Å². The molecule has 0 atom stereocenters. The molecule has 21 heavy (non-hydrogen) atoms. The number of methoxy groups -OCH3 is 1. The SMILES string of the molecule is COc1nc(N2CCCN(CCCCN)CC2)ncc1Br. The van der Waals surface area contributed by atoms with Crippen molar-refractivity contribution < 1.29 is 4.74 Å². The molecule has 0 aromatic carbocycles. The van der Waals surface area contributed by atoms with Gasteiger partial charge < -0.3 is 20.3 Å². The Balaban J connectivity index is 1.93. The van der Waals surface area contributed by atoms with Gasteiger partial charge in [0.25, 0.3) is 0 Å². The Kier molecular flexibility index (Phi) is 6.66. The summed E-state index contributed by atoms with van der Waals surface area (Å²) in [6.45, 7) is 6.04. The number of ether oxygens (including phenoxy) is 1. The highest BCUT2D eigenvalue weighted by atomic mass is 79.9. The molecule has 1 aromatic rings. The van der Waals surface area contributed by atoms with Crippen molar-refractivity contribution in [2.75, 3.05) is 51.3 Å². The summed E-state index contributed by atoms with van der Waals surface area (Å²) >= 11 is 3.39. The van der Waals surface area contributed by atoms with Gasteiger partial charge in [-0.25, -0.2) is 4.98 Å². The van der Waals surface area contributed by atoms with Crippen LogP contribution in [0.2, 0.25) is 0 Å². The van der Waals surface area contributed by atoms with E-state index in [0.717, 1.165) is 62.5 Å². The van der Waals surface area contributed by atoms with E-state index >= 15 is 0 Å². The molecule has 2 N–H and O–H groups in total. The highest BCUT2D eigenvalue weighted by molar-refractivity contribution is 9.10. The Labute approximate surface area is 134 Å². The largest absolute Gasteiger partial charge is 0.480 e. The van der Waals surface area contributed by atoms with Crippen LogP contribution in [0.25, 0.3) is 0 Å². The number of halogens is 1. The minimum atomic E-state index is 0.587. The van der Waals surface area contributed by atoms with E-state index in [1.165, 1.54) is 6.42 Å². The first-order valence-electron chi connectivity index (χ1n) is 7.48. The highest BCUT2D eigenvalue weighted by Crippen LogP contribution is 2.23. The summed E-state index contributed by atoms with van der Waals surface area (Å²) < 4.78 is 6.03. The smallest absolute Gasteiger partial charge is 0.232 e. The Morgan fingerprint density at radius 1 is 1.29 bits per heavy atom. The molecule has 2 rings (SSSR count). The topological polar surface area (TPSA) is 67.5 Å². The zero-order valence-corrected chi connectivity index (χ0v) is 14.2. The molecule has 0 unspecified atom stereocenters. The summed E-state index contributed by atoms with van der Waals surface area (Å²) in [5.41, 5.74) is 5.55. The molecule has 7 heteroatoms. The summed E-state index contributed by atoms with van der Waals surface area (Å²) in [6, 6.07) is 0. The maximum Gasteiger partial charge on any atom is 0.232 e. The van der Waals surface area contributed by atoms with Gasteiger partial charge in [0.15, 0.2) is 0 Å². The summed E-state index contributed by atoms with van der Waals surface area (Å²) in [5, 5.41) is 0. The maximum absolute atomic E-state index is 5.55. The Morgan fingerprint density at radius 2 is 2.14 bits per heavy atom. The molecule has 0 spiro atoms. The Hall–Kier alpha value is -0.920. The van der Waals surface area contributed by atoms with Gasteiger partial charge in [0, 0.05) is 19.6 Å². The maximum atomic E-state index is 5.55. The third kappa shape index (κ3) is 4.79. The van der Waals surface area contributed by atoms with E-state index in [-0.39, 0.29) is 0 Å². The lowest BCUT2D eigenvalue weighted by molar-refractivity contribution is 0.287. The lowest BCUT2D eigenvalue weighted by Gasteiger charge is -2.22. The fourth-order valence-corrected chi connectivity index (χ4v) is 2.87. The van der Waals surface area contributed by atoms with E-state index in [1.807, 2.05) is 0 Å². The fourth-order valence-electron chi connectivity index (χ4n) is 2.51. The van der Waals surface area contributed by atoms with Gasteiger partial charge in [-0.1, -0.05) is 0 Å². The summed E-state index contributed by atoms with van der Waals surface area (Å²) in [6.07, 6.45) is 5.17. The van der Waals surface area contributed by atoms with Gasteiger partial charge in [0.05, 0.1) is 17.8 Å². The average Bonchev–Trinajstić information content (AvgIpc) is 2.74. The Bertz CT molecular complexity index is 445. The zero-order chi connectivity index (χ0) is 15.1. The van der Waals surface area contributed by atoms with Crippen molar-refractivity contribution in [3.63, 3.8) is 0 Å². The van der Waals surface area contributed by atoms with Crippen LogP contribution in [0.1, 0.15) is 19.3 Å². The normalized spacial score (nSPS) is 16.8. The molecule has 1 aromatic heterocycles. The number of rotatable bonds is 6. The van der Waals surface area contributed by atoms with E-state index in [1.54, 1.807) is 13.3 Å². The van der Waals surface area contributed by atoms with E-state index in [9.17, 15) is 0 Å². The third-order valence-electron chi connectivity index (χ3n) is 3.69. The molecule has 118 valence electrons. The minimum Gasteiger partial charge on any atom is -0.480 e. The molecule has 0 saturated carbocycles. The minimum absolute atomic E-state index is 0.587. The first-order valence-corrected chi connectivity index (χ1v) is 8.28. The number of unbranched alkanes of at least 4 members (excludes halogenated alkanes) is 1. The molecule has 1 fully saturated rings. The molecular weight excluding hydrogens is 334 g/mol. The predicted molar refractivity (Wildman–Crippen MR) is 87.8 cm³/mol. The fraction of sp³-hybridized carbons (Fsp3) is 0.714. The number of hydrogen-bond donors (Lipinski definition) is 1. The van der Waals surface area contributed by atoms with Gasteiger partial charge in [-0.05, 0) is 54.8 Å². The third-order valence-corrected chi connectivity index (χ3v) is 4.24. The van der Waals surface area contributed by atoms with Crippen molar-refractivity contribution in [1.29, 1.82) is 0 Å². The van der Waals surface area contributed by atoms with E-state index in [4.69, 9.17) is 10.5 Å². The van der Waals surface area contributed by atoms with Gasteiger partial charge in [-0.3, -0.25) is 0 Å². The van der Waals surface area contributed by atoms with Crippen molar-refractivity contribution in [2.45, 2.75) is 19.3 Å². The molecule has 6 nitrogen and oxygen atoms in total. The van der Waals surface area contributed by atoms with Crippen LogP contribution in [0.3, 0.4) is 0 Å². The van der Waals surface area contributed by atoms with Crippen molar-refractivity contribution in [3.8, 4) is 5.88 Å². The first kappa shape index (κ1) is 16.5. The monoisotopic (exact) mass is 357 g/mol. The van der Waals surface area contributed by atoms with Crippen LogP contribution < -0.4 is 15.4 Å². The van der Waals surface area contributed by atoms with Crippen LogP contribution in [-0.4, -0.2) is 61.2 Å². The summed E-state index contributed by atoms with van der Waals surface area (Å²) in [4.78, 5) is 13.6. The van der Waals surface area contributed by atoms with Crippen LogP contribution in [0, 0.1) is 0 Å². The molecule has 0 radical (unpaired) electrons. The van der Waals surface area contributed by atoms with Gasteiger partial charge in [0.1, 0.15) is 0 Å². The van der Waals surface area contributed by atoms with E-state index in [0.29, 0.717) is 5.88 Å². The quantitative estimate of drug-likeness (QED) is 0.778. The molecular formula is C14H24BrN5O. The van der Waals surface area contributed by atoms with Crippen molar-refractivity contribution in [3.05, 3.63) is 10.7 Å². The molecule has 0 bridgehead atoms. The van der Waals surface area contributed by atoms with E-state index in [2.05, 4.69) is 35.7 Å². The van der Waals surface area contributed by atoms with E-state index < -0.39 is 0 Å². The zero-order valence-electron chi connectivity index (χ0n) is 12.6. The van der Waals surface area contributed by atoms with Gasteiger partial charge in [0.2, 0.25) is 11.8 Å². The average molecular weight is 358 g/mol. The van der Waals surface area contributed by atoms with Crippen LogP contribution in [-0.2, 0) is 0 Å². The number of aromatic nitrogens is 2. The highest BCUT2D eigenvalue weighted by Gasteiger charge is 2.17. The predicted octanol–water partition coefficient (Wildman–Crippen LogP) is 1.50. The van der Waals surface area contributed by atoms with Crippen LogP contribution in [0.15, 0.2) is 10.7 Å². The number of anilines is 1. The molecule has 0 amide bonds. The van der Waals surface area contributed by atoms with Crippen LogP contribution in [0.5, 0.6) is 5.88 Å². The Morgan fingerprint density at radius 3 is 2.90 bits per heavy atom. The molecule has 1 aliphatic heterocycles. The lowest BCUT2D eigenvalue weighted by Crippen LogP contribution is -2.32. The summed E-state index contributed by atoms with van der Waals surface area (Å²) in [7, 11) is 1.62. The van der Waals surface area contributed by atoms with Gasteiger partial charge >= 0.3 is 0 Å². The molecule has 1 aliphatic rings. The molecule has 1 saturated heterocycles. The summed E-state index contributed by atoms with van der Waals surface area (Å²) in [5.74, 6) is 1.34. The van der Waals surface area contributed by atoms with Crippen molar-refractivity contribution in [1.82, 2.24) is 14.9 Å². The van der Waals surface area contributed by atoms with Gasteiger partial charge in [-0.15, -0.1) is 0 Å². The standard InChI is InChI=1S/C14H24BrN5O/c1-21-13-12(15)11-17-14(18-13)20-8-4-7-19(9-10-20)6-3-2-5-16/h11H,2-10,16H2,1H3. The number of nitrogens with zero attached hydrogens (tertiary/aromatic N) is 4.